The van der Waals surface area contributed by atoms with Gasteiger partial charge in [0.15, 0.2) is 5.79 Å². The molecule has 20 heavy (non-hydrogen) atoms. The number of azide groups is 1. The first-order valence-corrected chi connectivity index (χ1v) is 6.58. The molecule has 108 valence electrons. The van der Waals surface area contributed by atoms with Gasteiger partial charge in [0.25, 0.3) is 0 Å². The molecule has 0 bridgehead atoms. The van der Waals surface area contributed by atoms with Gasteiger partial charge >= 0.3 is 0 Å². The minimum atomic E-state index is -0.632. The van der Waals surface area contributed by atoms with E-state index in [0.29, 0.717) is 19.8 Å². The molecule has 1 fully saturated rings. The van der Waals surface area contributed by atoms with E-state index in [1.807, 2.05) is 44.2 Å². The Morgan fingerprint density at radius 2 is 2.20 bits per heavy atom. The maximum atomic E-state index is 8.65. The highest BCUT2D eigenvalue weighted by Gasteiger charge is 2.37. The average molecular weight is 277 g/mol. The highest BCUT2D eigenvalue weighted by atomic mass is 16.7. The number of rotatable bonds is 6. The van der Waals surface area contributed by atoms with Crippen molar-refractivity contribution in [3.63, 3.8) is 0 Å². The van der Waals surface area contributed by atoms with E-state index in [1.165, 1.54) is 0 Å². The number of ether oxygens (including phenoxy) is 3. The Morgan fingerprint density at radius 1 is 1.45 bits per heavy atom. The second-order valence-electron chi connectivity index (χ2n) is 5.14. The number of benzene rings is 1. The summed E-state index contributed by atoms with van der Waals surface area (Å²) in [4.78, 5) is 2.86. The molecular weight excluding hydrogens is 258 g/mol. The lowest BCUT2D eigenvalue weighted by atomic mass is 10.2. The number of hydrogen-bond donors (Lipinski definition) is 0. The van der Waals surface area contributed by atoms with Crippen LogP contribution in [-0.2, 0) is 20.8 Å². The van der Waals surface area contributed by atoms with Crippen LogP contribution in [0.15, 0.2) is 35.4 Å². The third-order valence-corrected chi connectivity index (χ3v) is 3.06. The SMILES string of the molecule is CC1(C)OC[C@@H](C(COCc2ccccc2)N=[N+]=[N-])O1. The van der Waals surface area contributed by atoms with Crippen LogP contribution in [0.3, 0.4) is 0 Å². The van der Waals surface area contributed by atoms with Crippen molar-refractivity contribution >= 4 is 0 Å². The van der Waals surface area contributed by atoms with Gasteiger partial charge in [0.1, 0.15) is 0 Å². The van der Waals surface area contributed by atoms with Crippen molar-refractivity contribution in [3.05, 3.63) is 46.3 Å². The molecule has 0 aromatic heterocycles. The van der Waals surface area contributed by atoms with E-state index in [1.54, 1.807) is 0 Å². The summed E-state index contributed by atoms with van der Waals surface area (Å²) in [5.74, 6) is -0.632. The molecule has 0 aliphatic carbocycles. The lowest BCUT2D eigenvalue weighted by Crippen LogP contribution is -2.32. The zero-order chi connectivity index (χ0) is 14.4. The molecular formula is C14H19N3O3. The van der Waals surface area contributed by atoms with E-state index >= 15 is 0 Å². The molecule has 1 aliphatic heterocycles. The summed E-state index contributed by atoms with van der Waals surface area (Å²) < 4.78 is 16.8. The van der Waals surface area contributed by atoms with Gasteiger partial charge in [-0.2, -0.15) is 0 Å². The van der Waals surface area contributed by atoms with Crippen molar-refractivity contribution in [3.8, 4) is 0 Å². The van der Waals surface area contributed by atoms with Crippen LogP contribution in [0.4, 0.5) is 0 Å². The molecule has 6 nitrogen and oxygen atoms in total. The molecule has 1 unspecified atom stereocenters. The van der Waals surface area contributed by atoms with E-state index in [-0.39, 0.29) is 12.1 Å². The topological polar surface area (TPSA) is 76.5 Å². The molecule has 1 aromatic rings. The minimum Gasteiger partial charge on any atom is -0.376 e. The van der Waals surface area contributed by atoms with Crippen molar-refractivity contribution in [2.75, 3.05) is 13.2 Å². The predicted octanol–water partition coefficient (Wildman–Crippen LogP) is 3.03. The van der Waals surface area contributed by atoms with Crippen LogP contribution in [0, 0.1) is 0 Å². The molecule has 2 rings (SSSR count). The Hall–Kier alpha value is -1.59. The smallest absolute Gasteiger partial charge is 0.163 e. The first-order chi connectivity index (χ1) is 9.61. The number of nitrogens with zero attached hydrogens (tertiary/aromatic N) is 3. The minimum absolute atomic E-state index is 0.267. The summed E-state index contributed by atoms with van der Waals surface area (Å²) in [6.07, 6.45) is -0.267. The van der Waals surface area contributed by atoms with E-state index in [2.05, 4.69) is 10.0 Å². The second-order valence-corrected chi connectivity index (χ2v) is 5.14. The maximum absolute atomic E-state index is 8.65. The quantitative estimate of drug-likeness (QED) is 0.455. The highest BCUT2D eigenvalue weighted by Crippen LogP contribution is 2.25. The van der Waals surface area contributed by atoms with Crippen LogP contribution >= 0.6 is 0 Å². The van der Waals surface area contributed by atoms with Crippen LogP contribution in [-0.4, -0.2) is 31.1 Å². The number of hydrogen-bond acceptors (Lipinski definition) is 4. The maximum Gasteiger partial charge on any atom is 0.163 e. The fourth-order valence-electron chi connectivity index (χ4n) is 2.06. The van der Waals surface area contributed by atoms with E-state index in [4.69, 9.17) is 19.7 Å². The van der Waals surface area contributed by atoms with E-state index < -0.39 is 5.79 Å². The Balaban J connectivity index is 1.85. The van der Waals surface area contributed by atoms with Gasteiger partial charge < -0.3 is 14.2 Å². The van der Waals surface area contributed by atoms with Gasteiger partial charge in [-0.3, -0.25) is 0 Å². The van der Waals surface area contributed by atoms with Crippen LogP contribution in [0.25, 0.3) is 10.4 Å². The van der Waals surface area contributed by atoms with Gasteiger partial charge in [-0.1, -0.05) is 35.4 Å². The summed E-state index contributed by atoms with van der Waals surface area (Å²) in [6, 6.07) is 9.46. The Labute approximate surface area is 118 Å². The van der Waals surface area contributed by atoms with Crippen LogP contribution < -0.4 is 0 Å². The first kappa shape index (κ1) is 14.8. The molecule has 6 heteroatoms. The predicted molar refractivity (Wildman–Crippen MR) is 73.9 cm³/mol. The Morgan fingerprint density at radius 3 is 2.80 bits per heavy atom. The standard InChI is InChI=1S/C14H19N3O3/c1-14(2)19-10-13(20-14)12(16-17-15)9-18-8-11-6-4-3-5-7-11/h3-7,12-13H,8-10H2,1-2H3/t12?,13-/m0/s1. The first-order valence-electron chi connectivity index (χ1n) is 6.58. The van der Waals surface area contributed by atoms with Crippen LogP contribution in [0.1, 0.15) is 19.4 Å². The highest BCUT2D eigenvalue weighted by molar-refractivity contribution is 5.13. The van der Waals surface area contributed by atoms with Crippen molar-refractivity contribution < 1.29 is 14.2 Å². The summed E-state index contributed by atoms with van der Waals surface area (Å²) >= 11 is 0. The zero-order valence-electron chi connectivity index (χ0n) is 11.7. The summed E-state index contributed by atoms with van der Waals surface area (Å²) in [5, 5.41) is 3.75. The molecule has 1 saturated heterocycles. The monoisotopic (exact) mass is 277 g/mol. The fourth-order valence-corrected chi connectivity index (χ4v) is 2.06. The molecule has 1 heterocycles. The molecule has 1 aliphatic rings. The summed E-state index contributed by atoms with van der Waals surface area (Å²) in [6.45, 7) is 4.87. The second kappa shape index (κ2) is 6.72. The fraction of sp³-hybridized carbons (Fsp3) is 0.571. The van der Waals surface area contributed by atoms with Crippen molar-refractivity contribution in [1.29, 1.82) is 0 Å². The third-order valence-electron chi connectivity index (χ3n) is 3.06. The normalized spacial score (nSPS) is 22.2. The third kappa shape index (κ3) is 4.21. The average Bonchev–Trinajstić information content (AvgIpc) is 2.79. The summed E-state index contributed by atoms with van der Waals surface area (Å²) in [5.41, 5.74) is 9.73. The van der Waals surface area contributed by atoms with Gasteiger partial charge in [0, 0.05) is 4.91 Å². The molecule has 0 radical (unpaired) electrons. The summed E-state index contributed by atoms with van der Waals surface area (Å²) in [7, 11) is 0. The molecule has 0 spiro atoms. The molecule has 1 aromatic carbocycles. The lowest BCUT2D eigenvalue weighted by Gasteiger charge is -2.20. The van der Waals surface area contributed by atoms with Gasteiger partial charge in [-0.15, -0.1) is 0 Å². The van der Waals surface area contributed by atoms with Crippen LogP contribution in [0.2, 0.25) is 0 Å². The van der Waals surface area contributed by atoms with Crippen LogP contribution in [0.5, 0.6) is 0 Å². The van der Waals surface area contributed by atoms with Crippen molar-refractivity contribution in [2.45, 2.75) is 38.4 Å². The lowest BCUT2D eigenvalue weighted by molar-refractivity contribution is -0.142. The van der Waals surface area contributed by atoms with Gasteiger partial charge in [0.2, 0.25) is 0 Å². The molecule has 0 N–H and O–H groups in total. The molecule has 0 saturated carbocycles. The molecule has 0 amide bonds. The zero-order valence-corrected chi connectivity index (χ0v) is 11.7. The van der Waals surface area contributed by atoms with E-state index in [0.717, 1.165) is 5.56 Å². The molecule has 2 atom stereocenters. The van der Waals surface area contributed by atoms with Crippen molar-refractivity contribution in [1.82, 2.24) is 0 Å². The van der Waals surface area contributed by atoms with Gasteiger partial charge in [-0.25, -0.2) is 0 Å². The van der Waals surface area contributed by atoms with Gasteiger partial charge in [-0.05, 0) is 24.9 Å². The Bertz CT molecular complexity index is 472. The van der Waals surface area contributed by atoms with Crippen molar-refractivity contribution in [2.24, 2.45) is 5.11 Å². The van der Waals surface area contributed by atoms with Gasteiger partial charge in [0.05, 0.1) is 32.0 Å². The largest absolute Gasteiger partial charge is 0.376 e. The van der Waals surface area contributed by atoms with E-state index in [9.17, 15) is 0 Å². The Kier molecular flexibility index (Phi) is 4.98.